The van der Waals surface area contributed by atoms with Gasteiger partial charge in [0, 0.05) is 11.3 Å². The van der Waals surface area contributed by atoms with Crippen LogP contribution in [0.4, 0.5) is 23.2 Å². The second kappa shape index (κ2) is 10.8. The Bertz CT molecular complexity index is 1280. The van der Waals surface area contributed by atoms with Crippen molar-refractivity contribution in [2.75, 3.05) is 18.6 Å². The third-order valence-corrected chi connectivity index (χ3v) is 5.96. The summed E-state index contributed by atoms with van der Waals surface area (Å²) in [5.41, 5.74) is 2.39. The molecule has 1 atom stereocenters. The average molecular weight is 505 g/mol. The van der Waals surface area contributed by atoms with Crippen molar-refractivity contribution in [1.29, 1.82) is 0 Å². The van der Waals surface area contributed by atoms with Crippen molar-refractivity contribution in [3.63, 3.8) is 0 Å². The highest BCUT2D eigenvalue weighted by atomic mass is 32.1. The molecule has 4 rings (SSSR count). The first-order valence-corrected chi connectivity index (χ1v) is 11.4. The first-order valence-electron chi connectivity index (χ1n) is 10.6. The first-order chi connectivity index (χ1) is 16.8. The molecule has 0 aliphatic carbocycles. The summed E-state index contributed by atoms with van der Waals surface area (Å²) in [6.45, 7) is -0.261. The number of alkyl halides is 4. The van der Waals surface area contributed by atoms with Crippen LogP contribution in [-0.4, -0.2) is 36.5 Å². The standard InChI is InChI=1S/C25H20F4N2O3S/c26-13-20(15-33-14-16-4-2-1-3-5-16)34-19-10-11-21-22(12-19)35-23(31-21)17-6-8-18(9-7-17)30-24(32)25(27,28)29/h1-12,20H,13-15H2,(H,30,32). The molecule has 0 spiro atoms. The zero-order valence-corrected chi connectivity index (χ0v) is 19.0. The molecule has 0 fully saturated rings. The number of nitrogens with zero attached hydrogens (tertiary/aromatic N) is 1. The largest absolute Gasteiger partial charge is 0.485 e. The van der Waals surface area contributed by atoms with Crippen LogP contribution in [0.15, 0.2) is 72.8 Å². The molecule has 5 nitrogen and oxygen atoms in total. The number of halogens is 4. The number of carbonyl (C=O) groups is 1. The maximum absolute atomic E-state index is 13.5. The zero-order valence-electron chi connectivity index (χ0n) is 18.2. The Morgan fingerprint density at radius 3 is 2.46 bits per heavy atom. The number of aromatic nitrogens is 1. The van der Waals surface area contributed by atoms with E-state index < -0.39 is 24.9 Å². The SMILES string of the molecule is O=C(Nc1ccc(-c2nc3ccc(OC(CF)COCc4ccccc4)cc3s2)cc1)C(F)(F)F. The molecule has 0 saturated carbocycles. The molecule has 35 heavy (non-hydrogen) atoms. The molecular formula is C25H20F4N2O3S. The first kappa shape index (κ1) is 24.6. The number of carbonyl (C=O) groups excluding carboxylic acids is 1. The van der Waals surface area contributed by atoms with E-state index in [-0.39, 0.29) is 12.3 Å². The van der Waals surface area contributed by atoms with Crippen LogP contribution in [-0.2, 0) is 16.1 Å². The van der Waals surface area contributed by atoms with Crippen molar-refractivity contribution >= 4 is 33.1 Å². The third-order valence-electron chi connectivity index (χ3n) is 4.90. The third kappa shape index (κ3) is 6.55. The Hall–Kier alpha value is -3.50. The number of nitrogens with one attached hydrogen (secondary N) is 1. The van der Waals surface area contributed by atoms with Crippen LogP contribution in [0, 0.1) is 0 Å². The number of amides is 1. The van der Waals surface area contributed by atoms with Crippen LogP contribution >= 0.6 is 11.3 Å². The second-order valence-electron chi connectivity index (χ2n) is 7.57. The van der Waals surface area contributed by atoms with Crippen molar-refractivity contribution in [2.24, 2.45) is 0 Å². The van der Waals surface area contributed by atoms with E-state index in [1.807, 2.05) is 30.3 Å². The van der Waals surface area contributed by atoms with Gasteiger partial charge in [-0.15, -0.1) is 11.3 Å². The van der Waals surface area contributed by atoms with Gasteiger partial charge in [0.25, 0.3) is 0 Å². The van der Waals surface area contributed by atoms with Gasteiger partial charge in [0.1, 0.15) is 17.4 Å². The lowest BCUT2D eigenvalue weighted by atomic mass is 10.2. The molecule has 4 aromatic rings. The lowest BCUT2D eigenvalue weighted by Gasteiger charge is -2.16. The number of benzene rings is 3. The molecular weight excluding hydrogens is 484 g/mol. The second-order valence-corrected chi connectivity index (χ2v) is 8.60. The lowest BCUT2D eigenvalue weighted by molar-refractivity contribution is -0.167. The predicted molar refractivity (Wildman–Crippen MR) is 126 cm³/mol. The van der Waals surface area contributed by atoms with Gasteiger partial charge in [-0.05, 0) is 48.0 Å². The maximum atomic E-state index is 13.5. The minimum absolute atomic E-state index is 0.0274. The van der Waals surface area contributed by atoms with Gasteiger partial charge in [-0.1, -0.05) is 30.3 Å². The van der Waals surface area contributed by atoms with E-state index in [0.29, 0.717) is 28.4 Å². The summed E-state index contributed by atoms with van der Waals surface area (Å²) in [7, 11) is 0. The van der Waals surface area contributed by atoms with Gasteiger partial charge in [-0.2, -0.15) is 13.2 Å². The molecule has 10 heteroatoms. The molecule has 1 aromatic heterocycles. The Morgan fingerprint density at radius 2 is 1.77 bits per heavy atom. The normalized spacial score (nSPS) is 12.5. The number of fused-ring (bicyclic) bond motifs is 1. The number of ether oxygens (including phenoxy) is 2. The van der Waals surface area contributed by atoms with E-state index >= 15 is 0 Å². The zero-order chi connectivity index (χ0) is 24.8. The summed E-state index contributed by atoms with van der Waals surface area (Å²) in [5.74, 6) is -1.56. The van der Waals surface area contributed by atoms with Gasteiger partial charge in [-0.3, -0.25) is 4.79 Å². The Morgan fingerprint density at radius 1 is 1.03 bits per heavy atom. The van der Waals surface area contributed by atoms with E-state index in [1.165, 1.54) is 23.5 Å². The van der Waals surface area contributed by atoms with Gasteiger partial charge in [-0.25, -0.2) is 9.37 Å². The molecule has 0 aliphatic heterocycles. The summed E-state index contributed by atoms with van der Waals surface area (Å²) in [6.07, 6.45) is -5.72. The summed E-state index contributed by atoms with van der Waals surface area (Å²) < 4.78 is 62.8. The number of thiazole rings is 1. The minimum Gasteiger partial charge on any atom is -0.485 e. The van der Waals surface area contributed by atoms with Gasteiger partial charge < -0.3 is 14.8 Å². The number of hydrogen-bond acceptors (Lipinski definition) is 5. The van der Waals surface area contributed by atoms with Crippen LogP contribution in [0.25, 0.3) is 20.8 Å². The number of rotatable bonds is 9. The topological polar surface area (TPSA) is 60.5 Å². The van der Waals surface area contributed by atoms with E-state index in [9.17, 15) is 22.4 Å². The van der Waals surface area contributed by atoms with Crippen molar-refractivity contribution in [1.82, 2.24) is 4.98 Å². The van der Waals surface area contributed by atoms with Gasteiger partial charge in [0.2, 0.25) is 0 Å². The molecule has 1 amide bonds. The summed E-state index contributed by atoms with van der Waals surface area (Å²) in [6, 6.07) is 20.7. The predicted octanol–water partition coefficient (Wildman–Crippen LogP) is 6.40. The molecule has 0 bridgehead atoms. The molecule has 1 N–H and O–H groups in total. The number of anilines is 1. The van der Waals surface area contributed by atoms with Crippen LogP contribution < -0.4 is 10.1 Å². The van der Waals surface area contributed by atoms with Gasteiger partial charge >= 0.3 is 12.1 Å². The highest BCUT2D eigenvalue weighted by Gasteiger charge is 2.38. The van der Waals surface area contributed by atoms with E-state index in [0.717, 1.165) is 10.3 Å². The minimum atomic E-state index is -4.96. The molecule has 1 heterocycles. The fourth-order valence-electron chi connectivity index (χ4n) is 3.18. The van der Waals surface area contributed by atoms with E-state index in [4.69, 9.17) is 9.47 Å². The van der Waals surface area contributed by atoms with Gasteiger partial charge in [0.15, 0.2) is 6.10 Å². The van der Waals surface area contributed by atoms with E-state index in [1.54, 1.807) is 35.6 Å². The van der Waals surface area contributed by atoms with E-state index in [2.05, 4.69) is 4.98 Å². The quantitative estimate of drug-likeness (QED) is 0.268. The molecule has 3 aromatic carbocycles. The molecule has 0 aliphatic rings. The summed E-state index contributed by atoms with van der Waals surface area (Å²) in [4.78, 5) is 15.6. The molecule has 0 saturated heterocycles. The molecule has 0 radical (unpaired) electrons. The van der Waals surface area contributed by atoms with Crippen LogP contribution in [0.2, 0.25) is 0 Å². The van der Waals surface area contributed by atoms with Crippen molar-refractivity contribution < 1.29 is 31.8 Å². The lowest BCUT2D eigenvalue weighted by Crippen LogP contribution is -2.29. The maximum Gasteiger partial charge on any atom is 0.471 e. The van der Waals surface area contributed by atoms with Crippen molar-refractivity contribution in [2.45, 2.75) is 18.9 Å². The summed E-state index contributed by atoms with van der Waals surface area (Å²) in [5, 5.41) is 2.44. The van der Waals surface area contributed by atoms with Crippen molar-refractivity contribution in [3.8, 4) is 16.3 Å². The highest BCUT2D eigenvalue weighted by Crippen LogP contribution is 2.33. The highest BCUT2D eigenvalue weighted by molar-refractivity contribution is 7.21. The fourth-order valence-corrected chi connectivity index (χ4v) is 4.18. The molecule has 182 valence electrons. The monoisotopic (exact) mass is 504 g/mol. The number of hydrogen-bond donors (Lipinski definition) is 1. The smallest absolute Gasteiger partial charge is 0.471 e. The van der Waals surface area contributed by atoms with Crippen molar-refractivity contribution in [3.05, 3.63) is 78.4 Å². The van der Waals surface area contributed by atoms with Gasteiger partial charge in [0.05, 0.1) is 23.4 Å². The Kier molecular flexibility index (Phi) is 7.62. The fraction of sp³-hybridized carbons (Fsp3) is 0.200. The van der Waals surface area contributed by atoms with Crippen LogP contribution in [0.5, 0.6) is 5.75 Å². The van der Waals surface area contributed by atoms with Crippen LogP contribution in [0.3, 0.4) is 0 Å². The molecule has 1 unspecified atom stereocenters. The average Bonchev–Trinajstić information content (AvgIpc) is 3.27. The summed E-state index contributed by atoms with van der Waals surface area (Å²) >= 11 is 1.35. The Balaban J connectivity index is 1.39. The Labute approximate surface area is 202 Å². The van der Waals surface area contributed by atoms with Crippen LogP contribution in [0.1, 0.15) is 5.56 Å².